The second-order valence-corrected chi connectivity index (χ2v) is 9.79. The number of benzene rings is 1. The second kappa shape index (κ2) is 9.55. The Hall–Kier alpha value is -3.03. The minimum absolute atomic E-state index is 0.328. The second-order valence-electron chi connectivity index (χ2n) is 9.79. The summed E-state index contributed by atoms with van der Waals surface area (Å²) >= 11 is 0. The topological polar surface area (TPSA) is 94.5 Å². The standard InChI is InChI=1S/C24H28F4N4O3/c25-20(26)35-18-4-2-1-3-16(18)24(27,28)6-5-17(19(33)31-23(15-29)9-10-23)30-21(34)32-13-11-22(7-8-22)12-14-32/h1-4,17,20H,5-14H2,(H,30,34)(H,31,33)/t17-/m0/s1. The van der Waals surface area contributed by atoms with Gasteiger partial charge in [0.05, 0.1) is 11.6 Å². The third-order valence-electron chi connectivity index (χ3n) is 7.25. The van der Waals surface area contributed by atoms with Crippen molar-refractivity contribution in [3.63, 3.8) is 0 Å². The number of urea groups is 1. The molecular weight excluding hydrogens is 468 g/mol. The zero-order chi connectivity index (χ0) is 25.3. The van der Waals surface area contributed by atoms with Gasteiger partial charge in [0.1, 0.15) is 17.3 Å². The predicted octanol–water partition coefficient (Wildman–Crippen LogP) is 4.29. The number of hydrogen-bond donors (Lipinski definition) is 2. The number of carbonyl (C=O) groups excluding carboxylic acids is 2. The number of nitriles is 1. The molecule has 35 heavy (non-hydrogen) atoms. The van der Waals surface area contributed by atoms with Crippen LogP contribution in [0.4, 0.5) is 22.4 Å². The normalized spacial score (nSPS) is 20.6. The van der Waals surface area contributed by atoms with E-state index in [9.17, 15) is 23.6 Å². The average Bonchev–Trinajstić information content (AvgIpc) is 3.75. The monoisotopic (exact) mass is 496 g/mol. The molecule has 2 N–H and O–H groups in total. The number of carbonyl (C=O) groups is 2. The third-order valence-corrected chi connectivity index (χ3v) is 7.25. The van der Waals surface area contributed by atoms with Crippen molar-refractivity contribution in [3.8, 4) is 11.8 Å². The van der Waals surface area contributed by atoms with Crippen LogP contribution in [0.1, 0.15) is 56.9 Å². The number of likely N-dealkylation sites (tertiary alicyclic amines) is 1. The van der Waals surface area contributed by atoms with Crippen LogP contribution in [-0.2, 0) is 10.7 Å². The van der Waals surface area contributed by atoms with Gasteiger partial charge in [-0.1, -0.05) is 12.1 Å². The van der Waals surface area contributed by atoms with Gasteiger partial charge in [-0.2, -0.15) is 14.0 Å². The Bertz CT molecular complexity index is 995. The van der Waals surface area contributed by atoms with Crippen molar-refractivity contribution < 1.29 is 31.9 Å². The molecule has 1 aromatic rings. The highest BCUT2D eigenvalue weighted by Gasteiger charge is 2.47. The summed E-state index contributed by atoms with van der Waals surface area (Å²) in [5.41, 5.74) is -1.44. The molecule has 4 rings (SSSR count). The van der Waals surface area contributed by atoms with Crippen molar-refractivity contribution in [2.24, 2.45) is 5.41 Å². The lowest BCUT2D eigenvalue weighted by molar-refractivity contribution is -0.124. The third kappa shape index (κ3) is 5.97. The van der Waals surface area contributed by atoms with Crippen LogP contribution in [0.5, 0.6) is 5.75 Å². The Morgan fingerprint density at radius 3 is 2.34 bits per heavy atom. The molecule has 1 heterocycles. The van der Waals surface area contributed by atoms with E-state index in [-0.39, 0.29) is 0 Å². The predicted molar refractivity (Wildman–Crippen MR) is 117 cm³/mol. The molecule has 7 nitrogen and oxygen atoms in total. The van der Waals surface area contributed by atoms with Crippen LogP contribution < -0.4 is 15.4 Å². The van der Waals surface area contributed by atoms with E-state index in [1.54, 1.807) is 4.90 Å². The van der Waals surface area contributed by atoms with Crippen molar-refractivity contribution in [1.82, 2.24) is 15.5 Å². The largest absolute Gasteiger partial charge is 0.434 e. The Morgan fingerprint density at radius 2 is 1.77 bits per heavy atom. The molecule has 3 aliphatic rings. The molecule has 1 saturated heterocycles. The van der Waals surface area contributed by atoms with E-state index in [0.29, 0.717) is 31.3 Å². The zero-order valence-electron chi connectivity index (χ0n) is 19.2. The van der Waals surface area contributed by atoms with Gasteiger partial charge in [0.15, 0.2) is 0 Å². The first kappa shape index (κ1) is 25.1. The van der Waals surface area contributed by atoms with Crippen molar-refractivity contribution in [2.45, 2.75) is 75.5 Å². The van der Waals surface area contributed by atoms with E-state index < -0.39 is 60.2 Å². The molecule has 0 aromatic heterocycles. The Kier molecular flexibility index (Phi) is 6.84. The Morgan fingerprint density at radius 1 is 1.11 bits per heavy atom. The fourth-order valence-corrected chi connectivity index (χ4v) is 4.51. The molecule has 1 atom stereocenters. The molecule has 11 heteroatoms. The fourth-order valence-electron chi connectivity index (χ4n) is 4.51. The Labute approximate surface area is 200 Å². The number of para-hydroxylation sites is 1. The van der Waals surface area contributed by atoms with Crippen LogP contribution >= 0.6 is 0 Å². The first-order valence-electron chi connectivity index (χ1n) is 11.8. The lowest BCUT2D eigenvalue weighted by Crippen LogP contribution is -2.54. The summed E-state index contributed by atoms with van der Waals surface area (Å²) in [6.45, 7) is -2.22. The number of nitrogens with zero attached hydrogens (tertiary/aromatic N) is 2. The van der Waals surface area contributed by atoms with E-state index in [2.05, 4.69) is 15.4 Å². The number of halogens is 4. The molecule has 0 radical (unpaired) electrons. The highest BCUT2D eigenvalue weighted by atomic mass is 19.3. The van der Waals surface area contributed by atoms with Gasteiger partial charge >= 0.3 is 12.6 Å². The van der Waals surface area contributed by atoms with Crippen molar-refractivity contribution >= 4 is 11.9 Å². The van der Waals surface area contributed by atoms with Crippen LogP contribution in [0.2, 0.25) is 0 Å². The smallest absolute Gasteiger partial charge is 0.387 e. The van der Waals surface area contributed by atoms with Crippen LogP contribution in [0.25, 0.3) is 0 Å². The van der Waals surface area contributed by atoms with Crippen molar-refractivity contribution in [1.29, 1.82) is 5.26 Å². The summed E-state index contributed by atoms with van der Waals surface area (Å²) in [6.07, 6.45) is 3.55. The molecule has 1 spiro atoms. The molecule has 1 aromatic carbocycles. The Balaban J connectivity index is 1.44. The fraction of sp³-hybridized carbons (Fsp3) is 0.625. The van der Waals surface area contributed by atoms with Crippen molar-refractivity contribution in [2.75, 3.05) is 13.1 Å². The first-order valence-corrected chi connectivity index (χ1v) is 11.8. The number of amides is 3. The summed E-state index contributed by atoms with van der Waals surface area (Å²) < 4.78 is 59.7. The molecule has 2 saturated carbocycles. The summed E-state index contributed by atoms with van der Waals surface area (Å²) in [6, 6.07) is 4.75. The van der Waals surface area contributed by atoms with Gasteiger partial charge < -0.3 is 20.3 Å². The highest BCUT2D eigenvalue weighted by Crippen LogP contribution is 2.53. The lowest BCUT2D eigenvalue weighted by atomic mass is 9.94. The van der Waals surface area contributed by atoms with E-state index in [4.69, 9.17) is 0 Å². The minimum atomic E-state index is -3.61. The molecule has 1 aliphatic heterocycles. The number of piperidine rings is 1. The van der Waals surface area contributed by atoms with E-state index in [0.717, 1.165) is 37.8 Å². The SMILES string of the molecule is N#CC1(NC(=O)[C@H](CCC(F)(F)c2ccccc2OC(F)F)NC(=O)N2CCC3(CC2)CC3)CC1. The minimum Gasteiger partial charge on any atom is -0.434 e. The first-order chi connectivity index (χ1) is 16.6. The van der Waals surface area contributed by atoms with Crippen LogP contribution in [0, 0.1) is 16.7 Å². The highest BCUT2D eigenvalue weighted by molar-refractivity contribution is 5.88. The average molecular weight is 497 g/mol. The number of rotatable bonds is 9. The molecule has 3 fully saturated rings. The number of hydrogen-bond acceptors (Lipinski definition) is 4. The van der Waals surface area contributed by atoms with Gasteiger partial charge in [0.2, 0.25) is 5.91 Å². The van der Waals surface area contributed by atoms with Gasteiger partial charge in [-0.05, 0) is 62.5 Å². The van der Waals surface area contributed by atoms with Gasteiger partial charge in [-0.15, -0.1) is 0 Å². The van der Waals surface area contributed by atoms with Gasteiger partial charge in [0.25, 0.3) is 5.92 Å². The summed E-state index contributed by atoms with van der Waals surface area (Å²) in [5.74, 6) is -4.98. The number of nitrogens with one attached hydrogen (secondary N) is 2. The van der Waals surface area contributed by atoms with Crippen LogP contribution in [-0.4, -0.2) is 48.1 Å². The summed E-state index contributed by atoms with van der Waals surface area (Å²) in [4.78, 5) is 27.3. The van der Waals surface area contributed by atoms with Crippen molar-refractivity contribution in [3.05, 3.63) is 29.8 Å². The summed E-state index contributed by atoms with van der Waals surface area (Å²) in [5, 5.41) is 14.4. The molecule has 0 bridgehead atoms. The number of alkyl halides is 4. The van der Waals surface area contributed by atoms with Gasteiger partial charge in [-0.25, -0.2) is 13.6 Å². The van der Waals surface area contributed by atoms with Gasteiger partial charge in [-0.3, -0.25) is 4.79 Å². The lowest BCUT2D eigenvalue weighted by Gasteiger charge is -2.33. The maximum Gasteiger partial charge on any atom is 0.387 e. The van der Waals surface area contributed by atoms with Crippen LogP contribution in [0.15, 0.2) is 24.3 Å². The maximum atomic E-state index is 15.1. The van der Waals surface area contributed by atoms with E-state index >= 15 is 8.78 Å². The maximum absolute atomic E-state index is 15.1. The number of ether oxygens (including phenoxy) is 1. The van der Waals surface area contributed by atoms with E-state index in [1.165, 1.54) is 12.1 Å². The molecule has 190 valence electrons. The molecule has 2 aliphatic carbocycles. The molecular formula is C24H28F4N4O3. The van der Waals surface area contributed by atoms with Gasteiger partial charge in [0, 0.05) is 19.5 Å². The molecule has 3 amide bonds. The molecule has 0 unspecified atom stereocenters. The quantitative estimate of drug-likeness (QED) is 0.499. The zero-order valence-corrected chi connectivity index (χ0v) is 19.2. The van der Waals surface area contributed by atoms with Crippen LogP contribution in [0.3, 0.4) is 0 Å². The summed E-state index contributed by atoms with van der Waals surface area (Å²) in [7, 11) is 0. The van der Waals surface area contributed by atoms with E-state index in [1.807, 2.05) is 6.07 Å².